The number of para-hydroxylation sites is 1. The molecule has 4 heteroatoms. The summed E-state index contributed by atoms with van der Waals surface area (Å²) in [7, 11) is 3.33. The molecule has 0 saturated heterocycles. The maximum Gasteiger partial charge on any atom is 0.180 e. The quantitative estimate of drug-likeness (QED) is 0.824. The highest BCUT2D eigenvalue weighted by atomic mass is 16.7. The topological polar surface area (TPSA) is 47.7 Å². The highest BCUT2D eigenvalue weighted by Gasteiger charge is 2.41. The molecule has 0 amide bonds. The number of ether oxygens (including phenoxy) is 2. The molecule has 1 unspecified atom stereocenters. The summed E-state index contributed by atoms with van der Waals surface area (Å²) in [6, 6.07) is 8.51. The van der Waals surface area contributed by atoms with Crippen molar-refractivity contribution in [3.63, 3.8) is 0 Å². The number of anilines is 1. The van der Waals surface area contributed by atoms with Crippen LogP contribution in [0.25, 0.3) is 0 Å². The van der Waals surface area contributed by atoms with Crippen LogP contribution in [0, 0.1) is 0 Å². The number of rotatable bonds is 5. The predicted octanol–water partition coefficient (Wildman–Crippen LogP) is 1.78. The van der Waals surface area contributed by atoms with Gasteiger partial charge in [0.05, 0.1) is 0 Å². The first kappa shape index (κ1) is 14.3. The van der Waals surface area contributed by atoms with Crippen molar-refractivity contribution < 1.29 is 9.47 Å². The van der Waals surface area contributed by atoms with Gasteiger partial charge in [-0.25, -0.2) is 0 Å². The van der Waals surface area contributed by atoms with E-state index in [9.17, 15) is 0 Å². The molecule has 2 N–H and O–H groups in total. The fraction of sp³-hybridized carbons (Fsp3) is 0.600. The molecule has 0 radical (unpaired) electrons. The minimum absolute atomic E-state index is 0.344. The maximum atomic E-state index is 6.05. The predicted molar refractivity (Wildman–Crippen MR) is 77.4 cm³/mol. The monoisotopic (exact) mass is 264 g/mol. The molecule has 1 aromatic rings. The maximum absolute atomic E-state index is 6.05. The van der Waals surface area contributed by atoms with Gasteiger partial charge in [-0.15, -0.1) is 0 Å². The average Bonchev–Trinajstić information content (AvgIpc) is 2.47. The minimum Gasteiger partial charge on any atom is -0.360 e. The van der Waals surface area contributed by atoms with Gasteiger partial charge in [0.15, 0.2) is 6.29 Å². The van der Waals surface area contributed by atoms with Crippen LogP contribution in [-0.2, 0) is 15.9 Å². The fourth-order valence-corrected chi connectivity index (χ4v) is 3.00. The van der Waals surface area contributed by atoms with Crippen LogP contribution in [0.1, 0.15) is 18.9 Å². The first-order valence-electron chi connectivity index (χ1n) is 6.78. The lowest BCUT2D eigenvalue weighted by atomic mass is 9.92. The number of nitrogens with two attached hydrogens (primary N) is 1. The van der Waals surface area contributed by atoms with Crippen LogP contribution in [0.15, 0.2) is 24.3 Å². The molecular weight excluding hydrogens is 240 g/mol. The Labute approximate surface area is 115 Å². The molecule has 1 atom stereocenters. The third-order valence-corrected chi connectivity index (χ3v) is 4.08. The van der Waals surface area contributed by atoms with E-state index in [1.807, 2.05) is 0 Å². The summed E-state index contributed by atoms with van der Waals surface area (Å²) in [6.07, 6.45) is 1.91. The lowest BCUT2D eigenvalue weighted by Crippen LogP contribution is -2.61. The number of methoxy groups -OCH3 is 2. The standard InChI is InChI=1S/C15H24N2O2/c1-15(11-16,14(18-2)19-3)17-10-6-8-12-7-4-5-9-13(12)17/h4-5,7,9,14H,6,8,10-11,16H2,1-3H3. The summed E-state index contributed by atoms with van der Waals surface area (Å²) in [4.78, 5) is 2.34. The summed E-state index contributed by atoms with van der Waals surface area (Å²) >= 11 is 0. The molecule has 0 bridgehead atoms. The molecule has 1 aromatic carbocycles. The van der Waals surface area contributed by atoms with Gasteiger partial charge < -0.3 is 20.1 Å². The first-order chi connectivity index (χ1) is 9.17. The Morgan fingerprint density at radius 2 is 2.00 bits per heavy atom. The molecule has 2 rings (SSSR count). The smallest absolute Gasteiger partial charge is 0.180 e. The molecule has 0 aliphatic carbocycles. The molecule has 1 heterocycles. The Balaban J connectivity index is 2.39. The van der Waals surface area contributed by atoms with Crippen LogP contribution >= 0.6 is 0 Å². The summed E-state index contributed by atoms with van der Waals surface area (Å²) in [5, 5.41) is 0. The highest BCUT2D eigenvalue weighted by molar-refractivity contribution is 5.57. The van der Waals surface area contributed by atoms with Gasteiger partial charge in [-0.3, -0.25) is 0 Å². The van der Waals surface area contributed by atoms with Crippen molar-refractivity contribution in [2.45, 2.75) is 31.6 Å². The number of aryl methyl sites for hydroxylation is 1. The van der Waals surface area contributed by atoms with Gasteiger partial charge in [0.2, 0.25) is 0 Å². The highest BCUT2D eigenvalue weighted by Crippen LogP contribution is 2.34. The molecule has 0 aromatic heterocycles. The third kappa shape index (κ3) is 2.48. The number of benzene rings is 1. The van der Waals surface area contributed by atoms with Gasteiger partial charge in [0.25, 0.3) is 0 Å². The Bertz CT molecular complexity index is 420. The van der Waals surface area contributed by atoms with Gasteiger partial charge in [-0.05, 0) is 31.4 Å². The first-order valence-corrected chi connectivity index (χ1v) is 6.78. The van der Waals surface area contributed by atoms with Crippen LogP contribution in [0.5, 0.6) is 0 Å². The van der Waals surface area contributed by atoms with Crippen LogP contribution in [-0.4, -0.2) is 39.1 Å². The molecule has 0 spiro atoms. The molecule has 1 aliphatic rings. The Kier molecular flexibility index (Phi) is 4.45. The normalized spacial score (nSPS) is 18.3. The largest absolute Gasteiger partial charge is 0.360 e. The average molecular weight is 264 g/mol. The van der Waals surface area contributed by atoms with Gasteiger partial charge in [0, 0.05) is 33.0 Å². The van der Waals surface area contributed by atoms with Crippen molar-refractivity contribution >= 4 is 5.69 Å². The van der Waals surface area contributed by atoms with Crippen molar-refractivity contribution in [3.05, 3.63) is 29.8 Å². The summed E-state index contributed by atoms with van der Waals surface area (Å²) in [6.45, 7) is 3.56. The van der Waals surface area contributed by atoms with E-state index >= 15 is 0 Å². The van der Waals surface area contributed by atoms with Crippen LogP contribution in [0.3, 0.4) is 0 Å². The SMILES string of the molecule is COC(OC)C(C)(CN)N1CCCc2ccccc21. The van der Waals surface area contributed by atoms with Crippen LogP contribution in [0.2, 0.25) is 0 Å². The van der Waals surface area contributed by atoms with E-state index in [2.05, 4.69) is 36.1 Å². The van der Waals surface area contributed by atoms with Crippen molar-refractivity contribution in [1.29, 1.82) is 0 Å². The molecule has 0 fully saturated rings. The van der Waals surface area contributed by atoms with E-state index in [0.717, 1.165) is 19.4 Å². The molecule has 0 saturated carbocycles. The Hall–Kier alpha value is -1.10. The molecule has 106 valence electrons. The second-order valence-corrected chi connectivity index (χ2v) is 5.25. The summed E-state index contributed by atoms with van der Waals surface area (Å²) in [5.74, 6) is 0. The van der Waals surface area contributed by atoms with Gasteiger partial charge in [0.1, 0.15) is 5.54 Å². The zero-order chi connectivity index (χ0) is 13.9. The lowest BCUT2D eigenvalue weighted by Gasteiger charge is -2.48. The molecule has 4 nitrogen and oxygen atoms in total. The number of nitrogens with zero attached hydrogens (tertiary/aromatic N) is 1. The number of hydrogen-bond donors (Lipinski definition) is 1. The second kappa shape index (κ2) is 5.90. The van der Waals surface area contributed by atoms with Crippen molar-refractivity contribution in [1.82, 2.24) is 0 Å². The van der Waals surface area contributed by atoms with Crippen molar-refractivity contribution in [3.8, 4) is 0 Å². The van der Waals surface area contributed by atoms with E-state index in [1.165, 1.54) is 11.3 Å². The number of fused-ring (bicyclic) bond motifs is 1. The van der Waals surface area contributed by atoms with Crippen molar-refractivity contribution in [2.75, 3.05) is 32.2 Å². The van der Waals surface area contributed by atoms with Gasteiger partial charge in [-0.1, -0.05) is 18.2 Å². The molecule has 1 aliphatic heterocycles. The molecule has 19 heavy (non-hydrogen) atoms. The Morgan fingerprint density at radius 1 is 1.32 bits per heavy atom. The van der Waals surface area contributed by atoms with Crippen LogP contribution < -0.4 is 10.6 Å². The van der Waals surface area contributed by atoms with E-state index < -0.39 is 0 Å². The van der Waals surface area contributed by atoms with Crippen molar-refractivity contribution in [2.24, 2.45) is 5.73 Å². The van der Waals surface area contributed by atoms with Gasteiger partial charge in [-0.2, -0.15) is 0 Å². The number of hydrogen-bond acceptors (Lipinski definition) is 4. The molecular formula is C15H24N2O2. The van der Waals surface area contributed by atoms with E-state index in [1.54, 1.807) is 14.2 Å². The zero-order valence-electron chi connectivity index (χ0n) is 12.1. The second-order valence-electron chi connectivity index (χ2n) is 5.25. The van der Waals surface area contributed by atoms with Gasteiger partial charge >= 0.3 is 0 Å². The summed E-state index contributed by atoms with van der Waals surface area (Å²) < 4.78 is 11.0. The van der Waals surface area contributed by atoms with E-state index in [0.29, 0.717) is 6.54 Å². The lowest BCUT2D eigenvalue weighted by molar-refractivity contribution is -0.141. The zero-order valence-corrected chi connectivity index (χ0v) is 12.1. The Morgan fingerprint density at radius 3 is 2.63 bits per heavy atom. The van der Waals surface area contributed by atoms with E-state index in [4.69, 9.17) is 15.2 Å². The summed E-state index contributed by atoms with van der Waals surface area (Å²) in [5.41, 5.74) is 8.31. The van der Waals surface area contributed by atoms with E-state index in [-0.39, 0.29) is 11.8 Å². The third-order valence-electron chi connectivity index (χ3n) is 4.08. The fourth-order valence-electron chi connectivity index (χ4n) is 3.00. The minimum atomic E-state index is -0.361. The van der Waals surface area contributed by atoms with Crippen LogP contribution in [0.4, 0.5) is 5.69 Å².